The van der Waals surface area contributed by atoms with Crippen molar-refractivity contribution in [2.75, 3.05) is 7.11 Å². The highest BCUT2D eigenvalue weighted by atomic mass is 32.1. The largest absolute Gasteiger partial charge is 0.469 e. The SMILES string of the molecule is COC(=O)C[C@@H](O)c1sccc1C. The quantitative estimate of drug-likeness (QED) is 0.755. The third kappa shape index (κ3) is 2.54. The maximum Gasteiger partial charge on any atom is 0.308 e. The summed E-state index contributed by atoms with van der Waals surface area (Å²) in [5.41, 5.74) is 1.02. The molecule has 4 heteroatoms. The highest BCUT2D eigenvalue weighted by Gasteiger charge is 2.15. The number of carbonyl (C=O) groups is 1. The molecule has 72 valence electrons. The van der Waals surface area contributed by atoms with Gasteiger partial charge in [0.25, 0.3) is 0 Å². The van der Waals surface area contributed by atoms with Gasteiger partial charge in [0.15, 0.2) is 0 Å². The Morgan fingerprint density at radius 1 is 1.77 bits per heavy atom. The van der Waals surface area contributed by atoms with Crippen LogP contribution in [0.4, 0.5) is 0 Å². The molecular formula is C9H12O3S. The molecule has 0 aliphatic rings. The van der Waals surface area contributed by atoms with Gasteiger partial charge in [-0.25, -0.2) is 0 Å². The summed E-state index contributed by atoms with van der Waals surface area (Å²) in [5.74, 6) is -0.389. The molecule has 0 fully saturated rings. The topological polar surface area (TPSA) is 46.5 Å². The van der Waals surface area contributed by atoms with Crippen molar-refractivity contribution in [2.45, 2.75) is 19.4 Å². The molecule has 1 aromatic rings. The zero-order valence-electron chi connectivity index (χ0n) is 7.61. The van der Waals surface area contributed by atoms with Crippen LogP contribution in [-0.2, 0) is 9.53 Å². The van der Waals surface area contributed by atoms with E-state index in [1.165, 1.54) is 18.4 Å². The standard InChI is InChI=1S/C9H12O3S/c1-6-3-4-13-9(6)7(10)5-8(11)12-2/h3-4,7,10H,5H2,1-2H3/t7-/m1/s1. The van der Waals surface area contributed by atoms with Crippen LogP contribution in [0.5, 0.6) is 0 Å². The fraction of sp³-hybridized carbons (Fsp3) is 0.444. The van der Waals surface area contributed by atoms with Crippen molar-refractivity contribution in [3.8, 4) is 0 Å². The van der Waals surface area contributed by atoms with Crippen molar-refractivity contribution in [3.63, 3.8) is 0 Å². The first-order chi connectivity index (χ1) is 6.15. The molecule has 1 atom stereocenters. The monoisotopic (exact) mass is 200 g/mol. The van der Waals surface area contributed by atoms with E-state index in [9.17, 15) is 9.90 Å². The zero-order valence-corrected chi connectivity index (χ0v) is 8.43. The Bertz CT molecular complexity index is 293. The molecule has 13 heavy (non-hydrogen) atoms. The summed E-state index contributed by atoms with van der Waals surface area (Å²) < 4.78 is 4.46. The summed E-state index contributed by atoms with van der Waals surface area (Å²) in [5, 5.41) is 11.5. The Morgan fingerprint density at radius 3 is 2.92 bits per heavy atom. The molecule has 0 aromatic carbocycles. The van der Waals surface area contributed by atoms with E-state index in [4.69, 9.17) is 0 Å². The van der Waals surface area contributed by atoms with Crippen LogP contribution in [0.25, 0.3) is 0 Å². The number of esters is 1. The van der Waals surface area contributed by atoms with Crippen LogP contribution in [0.2, 0.25) is 0 Å². The minimum atomic E-state index is -0.729. The number of aliphatic hydroxyl groups is 1. The molecule has 0 unspecified atom stereocenters. The van der Waals surface area contributed by atoms with Gasteiger partial charge in [-0.1, -0.05) is 0 Å². The predicted octanol–water partition coefficient (Wildman–Crippen LogP) is 1.65. The summed E-state index contributed by atoms with van der Waals surface area (Å²) >= 11 is 1.45. The maximum absolute atomic E-state index is 10.9. The van der Waals surface area contributed by atoms with Gasteiger partial charge in [-0.2, -0.15) is 0 Å². The molecule has 0 saturated carbocycles. The molecule has 1 N–H and O–H groups in total. The smallest absolute Gasteiger partial charge is 0.308 e. The van der Waals surface area contributed by atoms with Gasteiger partial charge in [-0.3, -0.25) is 4.79 Å². The van der Waals surface area contributed by atoms with Crippen LogP contribution >= 0.6 is 11.3 Å². The van der Waals surface area contributed by atoms with E-state index in [2.05, 4.69) is 4.74 Å². The van der Waals surface area contributed by atoms with E-state index < -0.39 is 6.10 Å². The molecule has 0 saturated heterocycles. The van der Waals surface area contributed by atoms with E-state index in [0.29, 0.717) is 0 Å². The van der Waals surface area contributed by atoms with Gasteiger partial charge in [0, 0.05) is 4.88 Å². The Kier molecular flexibility index (Phi) is 3.45. The van der Waals surface area contributed by atoms with Crippen molar-refractivity contribution in [2.24, 2.45) is 0 Å². The van der Waals surface area contributed by atoms with Crippen LogP contribution < -0.4 is 0 Å². The number of ether oxygens (including phenoxy) is 1. The molecule has 0 radical (unpaired) electrons. The molecular weight excluding hydrogens is 188 g/mol. The van der Waals surface area contributed by atoms with Gasteiger partial charge in [0.2, 0.25) is 0 Å². The number of aliphatic hydroxyl groups excluding tert-OH is 1. The summed E-state index contributed by atoms with van der Waals surface area (Å²) in [7, 11) is 1.32. The van der Waals surface area contributed by atoms with Gasteiger partial charge in [-0.05, 0) is 23.9 Å². The normalized spacial score (nSPS) is 12.5. The second-order valence-electron chi connectivity index (χ2n) is 2.76. The van der Waals surface area contributed by atoms with Crippen molar-refractivity contribution in [3.05, 3.63) is 21.9 Å². The fourth-order valence-electron chi connectivity index (χ4n) is 1.06. The van der Waals surface area contributed by atoms with Gasteiger partial charge >= 0.3 is 5.97 Å². The van der Waals surface area contributed by atoms with Gasteiger partial charge in [-0.15, -0.1) is 11.3 Å². The molecule has 3 nitrogen and oxygen atoms in total. The average molecular weight is 200 g/mol. The Hall–Kier alpha value is -0.870. The molecule has 0 aliphatic carbocycles. The number of thiophene rings is 1. The lowest BCUT2D eigenvalue weighted by molar-refractivity contribution is -0.142. The number of hydrogen-bond donors (Lipinski definition) is 1. The van der Waals surface area contributed by atoms with Gasteiger partial charge in [0.05, 0.1) is 19.6 Å². The highest BCUT2D eigenvalue weighted by molar-refractivity contribution is 7.10. The molecule has 1 heterocycles. The lowest BCUT2D eigenvalue weighted by Crippen LogP contribution is -2.07. The van der Waals surface area contributed by atoms with Crippen LogP contribution in [0.1, 0.15) is 23.0 Å². The van der Waals surface area contributed by atoms with E-state index in [1.54, 1.807) is 0 Å². The van der Waals surface area contributed by atoms with Crippen LogP contribution in [-0.4, -0.2) is 18.2 Å². The number of carbonyl (C=O) groups excluding carboxylic acids is 1. The first-order valence-corrected chi connectivity index (χ1v) is 4.82. The van der Waals surface area contributed by atoms with Gasteiger partial charge < -0.3 is 9.84 Å². The molecule has 0 bridgehead atoms. The zero-order chi connectivity index (χ0) is 9.84. The average Bonchev–Trinajstić information content (AvgIpc) is 2.51. The van der Waals surface area contributed by atoms with Gasteiger partial charge in [0.1, 0.15) is 0 Å². The van der Waals surface area contributed by atoms with Crippen molar-refractivity contribution < 1.29 is 14.6 Å². The van der Waals surface area contributed by atoms with E-state index >= 15 is 0 Å². The van der Waals surface area contributed by atoms with Crippen LogP contribution in [0.15, 0.2) is 11.4 Å². The molecule has 0 spiro atoms. The Balaban J connectivity index is 2.63. The Morgan fingerprint density at radius 2 is 2.46 bits per heavy atom. The first-order valence-electron chi connectivity index (χ1n) is 3.94. The summed E-state index contributed by atoms with van der Waals surface area (Å²) in [6, 6.07) is 1.92. The Labute approximate surface area is 81.0 Å². The lowest BCUT2D eigenvalue weighted by atomic mass is 10.1. The van der Waals surface area contributed by atoms with Crippen molar-refractivity contribution in [1.82, 2.24) is 0 Å². The fourth-order valence-corrected chi connectivity index (χ4v) is 1.97. The highest BCUT2D eigenvalue weighted by Crippen LogP contribution is 2.26. The van der Waals surface area contributed by atoms with Crippen molar-refractivity contribution >= 4 is 17.3 Å². The van der Waals surface area contributed by atoms with E-state index in [-0.39, 0.29) is 12.4 Å². The summed E-state index contributed by atoms with van der Waals surface area (Å²) in [6.07, 6.45) is -0.704. The van der Waals surface area contributed by atoms with Crippen LogP contribution in [0, 0.1) is 6.92 Å². The maximum atomic E-state index is 10.9. The number of methoxy groups -OCH3 is 1. The predicted molar refractivity (Wildman–Crippen MR) is 50.6 cm³/mol. The molecule has 0 amide bonds. The van der Waals surface area contributed by atoms with Crippen LogP contribution in [0.3, 0.4) is 0 Å². The number of aryl methyl sites for hydroxylation is 1. The minimum absolute atomic E-state index is 0.0256. The second kappa shape index (κ2) is 4.39. The number of hydrogen-bond acceptors (Lipinski definition) is 4. The summed E-state index contributed by atoms with van der Waals surface area (Å²) in [6.45, 7) is 1.91. The molecule has 0 aliphatic heterocycles. The number of rotatable bonds is 3. The minimum Gasteiger partial charge on any atom is -0.469 e. The molecule has 1 aromatic heterocycles. The third-order valence-electron chi connectivity index (χ3n) is 1.79. The summed E-state index contributed by atoms with van der Waals surface area (Å²) in [4.78, 5) is 11.7. The lowest BCUT2D eigenvalue weighted by Gasteiger charge is -2.07. The van der Waals surface area contributed by atoms with E-state index in [0.717, 1.165) is 10.4 Å². The third-order valence-corrected chi connectivity index (χ3v) is 2.91. The second-order valence-corrected chi connectivity index (χ2v) is 3.71. The molecule has 1 rings (SSSR count). The van der Waals surface area contributed by atoms with E-state index in [1.807, 2.05) is 18.4 Å². The van der Waals surface area contributed by atoms with Crippen molar-refractivity contribution in [1.29, 1.82) is 0 Å². The first kappa shape index (κ1) is 10.2.